The van der Waals surface area contributed by atoms with Gasteiger partial charge in [-0.05, 0) is 50.6 Å². The summed E-state index contributed by atoms with van der Waals surface area (Å²) in [6, 6.07) is 7.99. The molecule has 1 amide bonds. The lowest BCUT2D eigenvalue weighted by Gasteiger charge is -2.28. The van der Waals surface area contributed by atoms with Crippen LogP contribution in [0.5, 0.6) is 5.75 Å². The summed E-state index contributed by atoms with van der Waals surface area (Å²) in [7, 11) is 3.74. The van der Waals surface area contributed by atoms with Gasteiger partial charge in [-0.3, -0.25) is 4.79 Å². The zero-order valence-corrected chi connectivity index (χ0v) is 12.4. The molecule has 0 spiro atoms. The average molecular weight is 276 g/mol. The summed E-state index contributed by atoms with van der Waals surface area (Å²) in [4.78, 5) is 14.3. The molecule has 2 rings (SSSR count). The smallest absolute Gasteiger partial charge is 0.224 e. The first kappa shape index (κ1) is 14.9. The van der Waals surface area contributed by atoms with Crippen LogP contribution >= 0.6 is 0 Å². The summed E-state index contributed by atoms with van der Waals surface area (Å²) in [5.41, 5.74) is 1.21. The van der Waals surface area contributed by atoms with E-state index in [1.807, 2.05) is 24.3 Å². The fraction of sp³-hybridized carbons (Fsp3) is 0.562. The first-order chi connectivity index (χ1) is 9.69. The first-order valence-electron chi connectivity index (χ1n) is 7.28. The Labute approximate surface area is 121 Å². The van der Waals surface area contributed by atoms with Crippen LogP contribution in [-0.2, 0) is 11.2 Å². The van der Waals surface area contributed by atoms with Gasteiger partial charge in [0.2, 0.25) is 5.91 Å². The van der Waals surface area contributed by atoms with Gasteiger partial charge in [-0.2, -0.15) is 0 Å². The second-order valence-corrected chi connectivity index (χ2v) is 5.49. The topological polar surface area (TPSA) is 41.6 Å². The van der Waals surface area contributed by atoms with Crippen molar-refractivity contribution in [3.05, 3.63) is 29.8 Å². The number of amides is 1. The molecule has 1 aliphatic rings. The maximum absolute atomic E-state index is 12.1. The maximum Gasteiger partial charge on any atom is 0.224 e. The zero-order chi connectivity index (χ0) is 14.4. The minimum absolute atomic E-state index is 0.157. The van der Waals surface area contributed by atoms with Crippen LogP contribution < -0.4 is 10.1 Å². The van der Waals surface area contributed by atoms with Crippen LogP contribution in [0.25, 0.3) is 0 Å². The van der Waals surface area contributed by atoms with E-state index < -0.39 is 0 Å². The molecule has 20 heavy (non-hydrogen) atoms. The van der Waals surface area contributed by atoms with Gasteiger partial charge < -0.3 is 15.0 Å². The molecule has 1 aromatic rings. The fourth-order valence-corrected chi connectivity index (χ4v) is 2.65. The molecule has 1 saturated heterocycles. The normalized spacial score (nSPS) is 19.6. The number of ether oxygens (including phenoxy) is 1. The Kier molecular flexibility index (Phi) is 5.41. The molecule has 1 atom stereocenters. The molecule has 1 fully saturated rings. The van der Waals surface area contributed by atoms with E-state index in [4.69, 9.17) is 4.74 Å². The Morgan fingerprint density at radius 1 is 1.40 bits per heavy atom. The highest BCUT2D eigenvalue weighted by Gasteiger charge is 2.23. The molecule has 1 heterocycles. The molecule has 0 radical (unpaired) electrons. The first-order valence-corrected chi connectivity index (χ1v) is 7.28. The molecule has 0 bridgehead atoms. The van der Waals surface area contributed by atoms with Crippen molar-refractivity contribution in [1.82, 2.24) is 10.2 Å². The van der Waals surface area contributed by atoms with Crippen molar-refractivity contribution in [3.8, 4) is 5.75 Å². The molecule has 1 aromatic carbocycles. The Hall–Kier alpha value is -1.55. The van der Waals surface area contributed by atoms with Crippen molar-refractivity contribution >= 4 is 5.91 Å². The van der Waals surface area contributed by atoms with Gasteiger partial charge in [0.05, 0.1) is 13.0 Å². The standard InChI is InChI=1S/C16H24N2O2/c1-18-11-3-4-14(12-18)16(19)17-10-9-13-5-7-15(20-2)8-6-13/h5-8,14H,3-4,9-12H2,1-2H3,(H,17,19)/t14-/m1/s1. The van der Waals surface area contributed by atoms with Crippen LogP contribution in [0.3, 0.4) is 0 Å². The fourth-order valence-electron chi connectivity index (χ4n) is 2.65. The Bertz CT molecular complexity index is 431. The van der Waals surface area contributed by atoms with Crippen molar-refractivity contribution in [3.63, 3.8) is 0 Å². The molecule has 4 heteroatoms. The Morgan fingerprint density at radius 3 is 2.80 bits per heavy atom. The number of hydrogen-bond acceptors (Lipinski definition) is 3. The monoisotopic (exact) mass is 276 g/mol. The number of piperidine rings is 1. The van der Waals surface area contributed by atoms with Crippen LogP contribution in [0.15, 0.2) is 24.3 Å². The highest BCUT2D eigenvalue weighted by Crippen LogP contribution is 2.15. The summed E-state index contributed by atoms with van der Waals surface area (Å²) in [5, 5.41) is 3.05. The lowest BCUT2D eigenvalue weighted by Crippen LogP contribution is -2.41. The molecule has 110 valence electrons. The molecule has 1 N–H and O–H groups in total. The summed E-state index contributed by atoms with van der Waals surface area (Å²) in [6.45, 7) is 2.69. The molecular weight excluding hydrogens is 252 g/mol. The Balaban J connectivity index is 1.73. The molecular formula is C16H24N2O2. The summed E-state index contributed by atoms with van der Waals surface area (Å²) >= 11 is 0. The van der Waals surface area contributed by atoms with Crippen molar-refractivity contribution in [1.29, 1.82) is 0 Å². The van der Waals surface area contributed by atoms with E-state index in [0.717, 1.165) is 38.1 Å². The van der Waals surface area contributed by atoms with E-state index in [1.165, 1.54) is 5.56 Å². The molecule has 0 saturated carbocycles. The van der Waals surface area contributed by atoms with Gasteiger partial charge >= 0.3 is 0 Å². The number of nitrogens with zero attached hydrogens (tertiary/aromatic N) is 1. The van der Waals surface area contributed by atoms with Crippen LogP contribution in [0.2, 0.25) is 0 Å². The predicted molar refractivity (Wildman–Crippen MR) is 79.9 cm³/mol. The van der Waals surface area contributed by atoms with Crippen molar-refractivity contribution in [2.45, 2.75) is 19.3 Å². The third-order valence-corrected chi connectivity index (χ3v) is 3.87. The van der Waals surface area contributed by atoms with E-state index in [9.17, 15) is 4.79 Å². The molecule has 4 nitrogen and oxygen atoms in total. The lowest BCUT2D eigenvalue weighted by molar-refractivity contribution is -0.126. The summed E-state index contributed by atoms with van der Waals surface area (Å²) in [5.74, 6) is 1.22. The minimum atomic E-state index is 0.157. The van der Waals surface area contributed by atoms with Crippen LogP contribution in [-0.4, -0.2) is 44.6 Å². The highest BCUT2D eigenvalue weighted by atomic mass is 16.5. The van der Waals surface area contributed by atoms with E-state index in [2.05, 4.69) is 17.3 Å². The zero-order valence-electron chi connectivity index (χ0n) is 12.4. The van der Waals surface area contributed by atoms with Crippen molar-refractivity contribution in [2.24, 2.45) is 5.92 Å². The van der Waals surface area contributed by atoms with Crippen LogP contribution in [0, 0.1) is 5.92 Å². The number of nitrogens with one attached hydrogen (secondary N) is 1. The Morgan fingerprint density at radius 2 is 2.15 bits per heavy atom. The number of methoxy groups -OCH3 is 1. The van der Waals surface area contributed by atoms with Gasteiger partial charge in [-0.25, -0.2) is 0 Å². The minimum Gasteiger partial charge on any atom is -0.497 e. The van der Waals surface area contributed by atoms with E-state index in [0.29, 0.717) is 6.54 Å². The van der Waals surface area contributed by atoms with Gasteiger partial charge in [-0.15, -0.1) is 0 Å². The second-order valence-electron chi connectivity index (χ2n) is 5.49. The SMILES string of the molecule is COc1ccc(CCNC(=O)[C@@H]2CCCN(C)C2)cc1. The third-order valence-electron chi connectivity index (χ3n) is 3.87. The van der Waals surface area contributed by atoms with Gasteiger partial charge in [0.1, 0.15) is 5.75 Å². The van der Waals surface area contributed by atoms with Crippen molar-refractivity contribution < 1.29 is 9.53 Å². The average Bonchev–Trinajstić information content (AvgIpc) is 2.48. The van der Waals surface area contributed by atoms with Gasteiger partial charge in [0.25, 0.3) is 0 Å². The largest absolute Gasteiger partial charge is 0.497 e. The summed E-state index contributed by atoms with van der Waals surface area (Å²) in [6.07, 6.45) is 2.99. The maximum atomic E-state index is 12.1. The van der Waals surface area contributed by atoms with E-state index in [-0.39, 0.29) is 11.8 Å². The number of carbonyl (C=O) groups excluding carboxylic acids is 1. The van der Waals surface area contributed by atoms with Crippen LogP contribution in [0.4, 0.5) is 0 Å². The molecule has 0 unspecified atom stereocenters. The lowest BCUT2D eigenvalue weighted by atomic mass is 9.97. The van der Waals surface area contributed by atoms with Gasteiger partial charge in [0, 0.05) is 13.1 Å². The third kappa shape index (κ3) is 4.23. The van der Waals surface area contributed by atoms with Crippen LogP contribution in [0.1, 0.15) is 18.4 Å². The van der Waals surface area contributed by atoms with Crippen molar-refractivity contribution in [2.75, 3.05) is 33.8 Å². The summed E-state index contributed by atoms with van der Waals surface area (Å²) < 4.78 is 5.13. The molecule has 0 aliphatic carbocycles. The van der Waals surface area contributed by atoms with Gasteiger partial charge in [0.15, 0.2) is 0 Å². The number of benzene rings is 1. The molecule has 1 aliphatic heterocycles. The highest BCUT2D eigenvalue weighted by molar-refractivity contribution is 5.78. The molecule has 0 aromatic heterocycles. The number of likely N-dealkylation sites (tertiary alicyclic amines) is 1. The quantitative estimate of drug-likeness (QED) is 0.890. The van der Waals surface area contributed by atoms with Gasteiger partial charge in [-0.1, -0.05) is 12.1 Å². The predicted octanol–water partition coefficient (Wildman–Crippen LogP) is 1.70. The second kappa shape index (κ2) is 7.29. The van der Waals surface area contributed by atoms with E-state index in [1.54, 1.807) is 7.11 Å². The number of hydrogen-bond donors (Lipinski definition) is 1. The number of carbonyl (C=O) groups is 1. The number of rotatable bonds is 5. The van der Waals surface area contributed by atoms with E-state index >= 15 is 0 Å².